The number of rotatable bonds is 4. The van der Waals surface area contributed by atoms with Crippen LogP contribution in [0.15, 0.2) is 44.9 Å². The molecular weight excluding hydrogens is 392 g/mol. The molecule has 1 amide bonds. The maximum absolute atomic E-state index is 12.2. The predicted octanol–water partition coefficient (Wildman–Crippen LogP) is 3.56. The molecule has 0 radical (unpaired) electrons. The number of carbonyl (C=O) groups excluding carboxylic acids is 2. The van der Waals surface area contributed by atoms with Gasteiger partial charge in [-0.05, 0) is 36.6 Å². The van der Waals surface area contributed by atoms with Gasteiger partial charge in [-0.25, -0.2) is 4.79 Å². The minimum absolute atomic E-state index is 0.174. The number of hydrogen-bond donors (Lipinski definition) is 1. The number of ether oxygens (including phenoxy) is 1. The molecule has 1 N–H and O–H groups in total. The molecule has 9 heteroatoms. The van der Waals surface area contributed by atoms with E-state index in [1.165, 1.54) is 36.5 Å². The number of thiophene rings is 1. The van der Waals surface area contributed by atoms with Crippen molar-refractivity contribution in [3.05, 3.63) is 62.3 Å². The van der Waals surface area contributed by atoms with E-state index < -0.39 is 23.4 Å². The molecule has 1 aromatic carbocycles. The van der Waals surface area contributed by atoms with Gasteiger partial charge in [0.15, 0.2) is 11.5 Å². The van der Waals surface area contributed by atoms with Crippen molar-refractivity contribution in [2.24, 2.45) is 0 Å². The molecule has 136 valence electrons. The van der Waals surface area contributed by atoms with Crippen LogP contribution in [0.5, 0.6) is 0 Å². The molecule has 0 aliphatic rings. The molecule has 0 aliphatic heterocycles. The zero-order chi connectivity index (χ0) is 19.6. The van der Waals surface area contributed by atoms with Crippen molar-refractivity contribution >= 4 is 50.8 Å². The van der Waals surface area contributed by atoms with Gasteiger partial charge in [-0.3, -0.25) is 9.59 Å². The van der Waals surface area contributed by atoms with Gasteiger partial charge in [0.2, 0.25) is 5.76 Å². The van der Waals surface area contributed by atoms with Crippen LogP contribution in [-0.4, -0.2) is 18.0 Å². The van der Waals surface area contributed by atoms with Crippen molar-refractivity contribution in [1.29, 1.82) is 5.26 Å². The highest BCUT2D eigenvalue weighted by Gasteiger charge is 2.22. The maximum atomic E-state index is 12.2. The number of fused-ring (bicyclic) bond motifs is 1. The van der Waals surface area contributed by atoms with E-state index in [0.717, 1.165) is 6.07 Å². The number of halogens is 1. The lowest BCUT2D eigenvalue weighted by Crippen LogP contribution is -2.30. The number of carbonyl (C=O) groups is 2. The molecular formula is C18H11ClN2O5S. The van der Waals surface area contributed by atoms with Gasteiger partial charge >= 0.3 is 5.97 Å². The Bertz CT molecular complexity index is 1140. The highest BCUT2D eigenvalue weighted by Crippen LogP contribution is 2.23. The number of hydrogen-bond acceptors (Lipinski definition) is 7. The zero-order valence-corrected chi connectivity index (χ0v) is 15.4. The van der Waals surface area contributed by atoms with Crippen LogP contribution in [0.1, 0.15) is 23.0 Å². The van der Waals surface area contributed by atoms with Gasteiger partial charge in [0.05, 0.1) is 10.9 Å². The highest BCUT2D eigenvalue weighted by molar-refractivity contribution is 7.14. The van der Waals surface area contributed by atoms with Crippen molar-refractivity contribution in [1.82, 2.24) is 0 Å². The second-order valence-electron chi connectivity index (χ2n) is 5.43. The number of amides is 1. The van der Waals surface area contributed by atoms with E-state index in [1.54, 1.807) is 11.4 Å². The third-order valence-corrected chi connectivity index (χ3v) is 4.63. The molecule has 2 heterocycles. The Balaban J connectivity index is 1.75. The van der Waals surface area contributed by atoms with Gasteiger partial charge in [0.1, 0.15) is 16.7 Å². The first kappa shape index (κ1) is 18.6. The van der Waals surface area contributed by atoms with Crippen molar-refractivity contribution in [2.45, 2.75) is 13.0 Å². The predicted molar refractivity (Wildman–Crippen MR) is 100 cm³/mol. The number of nitrogens with one attached hydrogen (secondary N) is 1. The van der Waals surface area contributed by atoms with Crippen LogP contribution in [0.4, 0.5) is 5.00 Å². The SMILES string of the molecule is C[C@H](OC(=O)c1cc(=O)c2cc(Cl)ccc2o1)C(=O)Nc1sccc1C#N. The van der Waals surface area contributed by atoms with Gasteiger partial charge in [-0.1, -0.05) is 11.6 Å². The van der Waals surface area contributed by atoms with E-state index in [9.17, 15) is 14.4 Å². The van der Waals surface area contributed by atoms with Gasteiger partial charge < -0.3 is 14.5 Å². The molecule has 0 fully saturated rings. The Morgan fingerprint density at radius 3 is 2.85 bits per heavy atom. The molecule has 0 unspecified atom stereocenters. The molecule has 0 saturated carbocycles. The molecule has 0 aliphatic carbocycles. The van der Waals surface area contributed by atoms with Gasteiger partial charge in [0, 0.05) is 11.1 Å². The van der Waals surface area contributed by atoms with E-state index in [-0.39, 0.29) is 16.7 Å². The fraction of sp³-hybridized carbons (Fsp3) is 0.111. The maximum Gasteiger partial charge on any atom is 0.375 e. The molecule has 7 nitrogen and oxygen atoms in total. The van der Waals surface area contributed by atoms with Crippen molar-refractivity contribution in [2.75, 3.05) is 5.32 Å². The Morgan fingerprint density at radius 2 is 2.11 bits per heavy atom. The normalized spacial score (nSPS) is 11.6. The lowest BCUT2D eigenvalue weighted by atomic mass is 10.2. The van der Waals surface area contributed by atoms with Crippen LogP contribution in [0.2, 0.25) is 5.02 Å². The first-order valence-corrected chi connectivity index (χ1v) is 8.87. The first-order chi connectivity index (χ1) is 12.9. The molecule has 3 rings (SSSR count). The standard InChI is InChI=1S/C18H11ClN2O5S/c1-9(16(23)21-17-10(8-20)4-5-27-17)25-18(24)15-7-13(22)12-6-11(19)2-3-14(12)26-15/h2-7,9H,1H3,(H,21,23)/t9-/m0/s1. The largest absolute Gasteiger partial charge is 0.449 e. The Morgan fingerprint density at radius 1 is 1.33 bits per heavy atom. The number of nitrogens with zero attached hydrogens (tertiary/aromatic N) is 1. The van der Waals surface area contributed by atoms with Crippen molar-refractivity contribution in [3.63, 3.8) is 0 Å². The summed E-state index contributed by atoms with van der Waals surface area (Å²) in [5.41, 5.74) is 0.0271. The molecule has 2 aromatic heterocycles. The lowest BCUT2D eigenvalue weighted by molar-refractivity contribution is -0.123. The number of anilines is 1. The first-order valence-electron chi connectivity index (χ1n) is 7.62. The van der Waals surface area contributed by atoms with Crippen LogP contribution in [0.25, 0.3) is 11.0 Å². The zero-order valence-electron chi connectivity index (χ0n) is 13.8. The number of benzene rings is 1. The minimum atomic E-state index is -1.17. The van der Waals surface area contributed by atoms with Crippen LogP contribution >= 0.6 is 22.9 Å². The summed E-state index contributed by atoms with van der Waals surface area (Å²) < 4.78 is 10.4. The molecule has 0 bridgehead atoms. The summed E-state index contributed by atoms with van der Waals surface area (Å²) in [4.78, 5) is 36.5. The number of esters is 1. The fourth-order valence-electron chi connectivity index (χ4n) is 2.21. The average molecular weight is 403 g/mol. The van der Waals surface area contributed by atoms with Crippen molar-refractivity contribution < 1.29 is 18.7 Å². The smallest absolute Gasteiger partial charge is 0.375 e. The summed E-state index contributed by atoms with van der Waals surface area (Å²) in [5, 5.41) is 14.1. The Labute approximate surface area is 161 Å². The van der Waals surface area contributed by atoms with E-state index in [1.807, 2.05) is 6.07 Å². The number of nitriles is 1. The summed E-state index contributed by atoms with van der Waals surface area (Å²) in [5.74, 6) is -1.90. The van der Waals surface area contributed by atoms with Crippen LogP contribution in [-0.2, 0) is 9.53 Å². The van der Waals surface area contributed by atoms with Crippen LogP contribution in [0, 0.1) is 11.3 Å². The third-order valence-electron chi connectivity index (χ3n) is 3.57. The third kappa shape index (κ3) is 4.00. The monoisotopic (exact) mass is 402 g/mol. The average Bonchev–Trinajstić information content (AvgIpc) is 3.09. The van der Waals surface area contributed by atoms with Crippen molar-refractivity contribution in [3.8, 4) is 6.07 Å². The van der Waals surface area contributed by atoms with E-state index >= 15 is 0 Å². The summed E-state index contributed by atoms with van der Waals surface area (Å²) in [6.45, 7) is 1.37. The van der Waals surface area contributed by atoms with Gasteiger partial charge in [-0.15, -0.1) is 11.3 Å². The molecule has 0 saturated heterocycles. The van der Waals surface area contributed by atoms with Crippen LogP contribution < -0.4 is 10.7 Å². The summed E-state index contributed by atoms with van der Waals surface area (Å²) >= 11 is 7.01. The van der Waals surface area contributed by atoms with Gasteiger partial charge in [0.25, 0.3) is 5.91 Å². The van der Waals surface area contributed by atoms with E-state index in [2.05, 4.69) is 5.32 Å². The quantitative estimate of drug-likeness (QED) is 0.668. The minimum Gasteiger partial charge on any atom is -0.449 e. The Kier molecular flexibility index (Phi) is 5.26. The molecule has 0 spiro atoms. The molecule has 3 aromatic rings. The van der Waals surface area contributed by atoms with Crippen LogP contribution in [0.3, 0.4) is 0 Å². The fourth-order valence-corrected chi connectivity index (χ4v) is 3.12. The second-order valence-corrected chi connectivity index (χ2v) is 6.78. The van der Waals surface area contributed by atoms with E-state index in [4.69, 9.17) is 26.0 Å². The van der Waals surface area contributed by atoms with Gasteiger partial charge in [-0.2, -0.15) is 5.26 Å². The molecule has 1 atom stereocenters. The molecule has 27 heavy (non-hydrogen) atoms. The Hall–Kier alpha value is -3.15. The lowest BCUT2D eigenvalue weighted by Gasteiger charge is -2.12. The second kappa shape index (κ2) is 7.61. The summed E-state index contributed by atoms with van der Waals surface area (Å²) in [6.07, 6.45) is -1.17. The highest BCUT2D eigenvalue weighted by atomic mass is 35.5. The summed E-state index contributed by atoms with van der Waals surface area (Å²) in [6, 6.07) is 8.91. The summed E-state index contributed by atoms with van der Waals surface area (Å²) in [7, 11) is 0. The topological polar surface area (TPSA) is 109 Å². The van der Waals surface area contributed by atoms with E-state index in [0.29, 0.717) is 15.6 Å².